The maximum absolute atomic E-state index is 3.32. The average molecular weight is 774 g/mol. The molecule has 0 saturated heterocycles. The van der Waals surface area contributed by atoms with Crippen molar-refractivity contribution in [3.05, 3.63) is 238 Å². The predicted molar refractivity (Wildman–Crippen MR) is 254 cm³/mol. The second kappa shape index (κ2) is 16.5. The van der Waals surface area contributed by atoms with Gasteiger partial charge in [-0.25, -0.2) is 0 Å². The van der Waals surface area contributed by atoms with Crippen molar-refractivity contribution in [1.29, 1.82) is 0 Å². The molecule has 7 aromatic carbocycles. The Bertz CT molecular complexity index is 3100. The molecule has 0 unspecified atom stereocenters. The maximum Gasteiger partial charge on any atom is 0.0547 e. The zero-order valence-electron chi connectivity index (χ0n) is 34.0. The van der Waals surface area contributed by atoms with E-state index in [0.29, 0.717) is 0 Å². The topological polar surface area (TPSA) is 11.4 Å². The first-order valence-electron chi connectivity index (χ1n) is 21.2. The van der Waals surface area contributed by atoms with Gasteiger partial charge in [0.25, 0.3) is 0 Å². The lowest BCUT2D eigenvalue weighted by Gasteiger charge is -2.25. The first-order chi connectivity index (χ1) is 29.7. The van der Waals surface area contributed by atoms with Crippen molar-refractivity contribution < 1.29 is 0 Å². The molecule has 3 nitrogen and oxygen atoms in total. The molecule has 1 aromatic heterocycles. The number of nitrogens with zero attached hydrogens (tertiary/aromatic N) is 3. The van der Waals surface area contributed by atoms with Crippen LogP contribution >= 0.6 is 0 Å². The average Bonchev–Trinajstić information content (AvgIpc) is 3.72. The van der Waals surface area contributed by atoms with Gasteiger partial charge in [-0.1, -0.05) is 122 Å². The molecule has 8 aromatic rings. The van der Waals surface area contributed by atoms with E-state index in [9.17, 15) is 0 Å². The van der Waals surface area contributed by atoms with E-state index >= 15 is 0 Å². The highest BCUT2D eigenvalue weighted by Gasteiger charge is 2.24. The molecule has 290 valence electrons. The minimum absolute atomic E-state index is 0.858. The number of anilines is 3. The number of hydrogen-bond donors (Lipinski definition) is 0. The Hall–Kier alpha value is -7.32. The summed E-state index contributed by atoms with van der Waals surface area (Å²) in [5.41, 5.74) is 17.2. The molecular formula is C57H47N3. The van der Waals surface area contributed by atoms with Gasteiger partial charge in [-0.2, -0.15) is 0 Å². The first-order valence-corrected chi connectivity index (χ1v) is 21.2. The van der Waals surface area contributed by atoms with Crippen LogP contribution in [0.4, 0.5) is 17.1 Å². The van der Waals surface area contributed by atoms with Gasteiger partial charge >= 0.3 is 0 Å². The van der Waals surface area contributed by atoms with Gasteiger partial charge < -0.3 is 14.4 Å². The minimum atomic E-state index is 0.858. The predicted octanol–water partition coefficient (Wildman–Crippen LogP) is 12.4. The molecule has 1 aliphatic carbocycles. The van der Waals surface area contributed by atoms with Gasteiger partial charge in [0.15, 0.2) is 0 Å². The SMILES string of the molecule is CC/C(=C\C=C1/Cc2ccccc2N1c1ccccc1)c1ccc2c(c1)c1c(n2-c2ccc(CCN(Cc3ccc4ccccc4c3)c3ccccc3)cc2)=CC=C=CC=1. The number of aromatic nitrogens is 1. The molecule has 3 heteroatoms. The molecule has 0 fully saturated rings. The van der Waals surface area contributed by atoms with Gasteiger partial charge in [0.1, 0.15) is 0 Å². The summed E-state index contributed by atoms with van der Waals surface area (Å²) in [6, 6.07) is 61.9. The Morgan fingerprint density at radius 3 is 2.23 bits per heavy atom. The minimum Gasteiger partial charge on any atom is -0.367 e. The summed E-state index contributed by atoms with van der Waals surface area (Å²) in [4.78, 5) is 4.91. The van der Waals surface area contributed by atoms with Gasteiger partial charge in [0, 0.05) is 58.6 Å². The fourth-order valence-corrected chi connectivity index (χ4v) is 8.98. The lowest BCUT2D eigenvalue weighted by molar-refractivity contribution is 0.782. The second-order valence-electron chi connectivity index (χ2n) is 15.7. The van der Waals surface area contributed by atoms with Crippen LogP contribution in [0.25, 0.3) is 45.1 Å². The lowest BCUT2D eigenvalue weighted by atomic mass is 10.0. The molecule has 0 radical (unpaired) electrons. The molecule has 0 saturated carbocycles. The van der Waals surface area contributed by atoms with Crippen molar-refractivity contribution in [2.45, 2.75) is 32.7 Å². The number of allylic oxidation sites excluding steroid dienone is 5. The normalized spacial score (nSPS) is 13.9. The largest absolute Gasteiger partial charge is 0.367 e. The molecule has 0 atom stereocenters. The van der Waals surface area contributed by atoms with Crippen molar-refractivity contribution in [1.82, 2.24) is 4.57 Å². The molecule has 60 heavy (non-hydrogen) atoms. The van der Waals surface area contributed by atoms with Gasteiger partial charge in [0.05, 0.1) is 10.9 Å². The summed E-state index contributed by atoms with van der Waals surface area (Å²) >= 11 is 0. The summed E-state index contributed by atoms with van der Waals surface area (Å²) in [5.74, 6) is 0. The number of rotatable bonds is 11. The lowest BCUT2D eigenvalue weighted by Crippen LogP contribution is -2.27. The van der Waals surface area contributed by atoms with E-state index in [-0.39, 0.29) is 0 Å². The Morgan fingerprint density at radius 1 is 0.667 bits per heavy atom. The van der Waals surface area contributed by atoms with Crippen LogP contribution in [0.1, 0.15) is 35.6 Å². The summed E-state index contributed by atoms with van der Waals surface area (Å²) in [6.45, 7) is 4.04. The summed E-state index contributed by atoms with van der Waals surface area (Å²) in [5, 5.41) is 6.20. The van der Waals surface area contributed by atoms with Gasteiger partial charge in [-0.3, -0.25) is 0 Å². The molecule has 0 bridgehead atoms. The van der Waals surface area contributed by atoms with Crippen LogP contribution in [0.5, 0.6) is 0 Å². The van der Waals surface area contributed by atoms with Gasteiger partial charge in [0.2, 0.25) is 0 Å². The van der Waals surface area contributed by atoms with Crippen LogP contribution in [0.2, 0.25) is 0 Å². The van der Waals surface area contributed by atoms with E-state index in [1.807, 2.05) is 12.2 Å². The van der Waals surface area contributed by atoms with E-state index in [1.165, 1.54) is 82.8 Å². The third-order valence-electron chi connectivity index (χ3n) is 12.0. The summed E-state index contributed by atoms with van der Waals surface area (Å²) in [6.07, 6.45) is 15.9. The molecule has 1 aliphatic heterocycles. The van der Waals surface area contributed by atoms with Crippen LogP contribution in [0.3, 0.4) is 0 Å². The number of hydrogen-bond acceptors (Lipinski definition) is 2. The fraction of sp³-hybridized carbons (Fsp3) is 0.105. The van der Waals surface area contributed by atoms with Crippen LogP contribution in [0, 0.1) is 0 Å². The number of benzene rings is 7. The van der Waals surface area contributed by atoms with E-state index in [0.717, 1.165) is 38.0 Å². The molecule has 10 rings (SSSR count). The zero-order chi connectivity index (χ0) is 40.3. The molecule has 2 aliphatic rings. The third-order valence-corrected chi connectivity index (χ3v) is 12.0. The van der Waals surface area contributed by atoms with Crippen molar-refractivity contribution in [3.8, 4) is 5.69 Å². The highest BCUT2D eigenvalue weighted by Crippen LogP contribution is 2.40. The van der Waals surface area contributed by atoms with E-state index < -0.39 is 0 Å². The second-order valence-corrected chi connectivity index (χ2v) is 15.7. The van der Waals surface area contributed by atoms with Crippen LogP contribution in [-0.2, 0) is 19.4 Å². The maximum atomic E-state index is 3.32. The zero-order valence-corrected chi connectivity index (χ0v) is 34.0. The van der Waals surface area contributed by atoms with Crippen LogP contribution < -0.4 is 20.4 Å². The van der Waals surface area contributed by atoms with Crippen molar-refractivity contribution in [2.75, 3.05) is 16.3 Å². The monoisotopic (exact) mass is 773 g/mol. The molecular weight excluding hydrogens is 727 g/mol. The van der Waals surface area contributed by atoms with Gasteiger partial charge in [-0.15, -0.1) is 5.73 Å². The van der Waals surface area contributed by atoms with Crippen molar-refractivity contribution in [2.24, 2.45) is 0 Å². The summed E-state index contributed by atoms with van der Waals surface area (Å²) in [7, 11) is 0. The van der Waals surface area contributed by atoms with E-state index in [2.05, 4.69) is 221 Å². The highest BCUT2D eigenvalue weighted by atomic mass is 15.2. The molecule has 0 N–H and O–H groups in total. The van der Waals surface area contributed by atoms with Crippen LogP contribution in [-0.4, -0.2) is 11.1 Å². The van der Waals surface area contributed by atoms with Crippen molar-refractivity contribution in [3.63, 3.8) is 0 Å². The third kappa shape index (κ3) is 7.32. The van der Waals surface area contributed by atoms with Crippen LogP contribution in [0.15, 0.2) is 206 Å². The standard InChI is InChI=1S/C57H47N3/c1-2-44(30-34-52-39-48-18-14-15-24-55(48)59(52)50-21-8-4-9-22-50)47-31-35-57-54(40-47)53-23-10-5-11-25-56(53)60(57)51-32-27-42(28-33-51)36-37-58(49-19-6-3-7-20-49)41-43-26-29-45-16-12-13-17-46(45)38-43/h3-4,6-35,38,40H,2,36-37,39,41H2,1H3/b44-30+,52-34+. The molecule has 2 heterocycles. The highest BCUT2D eigenvalue weighted by molar-refractivity contribution is 5.89. The first kappa shape index (κ1) is 37.0. The number of fused-ring (bicyclic) bond motifs is 5. The van der Waals surface area contributed by atoms with E-state index in [1.54, 1.807) is 0 Å². The molecule has 0 spiro atoms. The fourth-order valence-electron chi connectivity index (χ4n) is 8.98. The van der Waals surface area contributed by atoms with E-state index in [4.69, 9.17) is 0 Å². The van der Waals surface area contributed by atoms with Crippen molar-refractivity contribution >= 4 is 56.5 Å². The Balaban J connectivity index is 0.941. The Morgan fingerprint density at radius 2 is 1.40 bits per heavy atom. The Labute approximate surface area is 352 Å². The smallest absolute Gasteiger partial charge is 0.0547 e. The Kier molecular flexibility index (Phi) is 10.2. The quantitative estimate of drug-likeness (QED) is 0.121. The summed E-state index contributed by atoms with van der Waals surface area (Å²) < 4.78 is 2.41. The molecule has 0 amide bonds. The number of para-hydroxylation sites is 3. The van der Waals surface area contributed by atoms with Gasteiger partial charge in [-0.05, 0) is 142 Å².